The van der Waals surface area contributed by atoms with E-state index >= 15 is 0 Å². The zero-order valence-electron chi connectivity index (χ0n) is 16.8. The van der Waals surface area contributed by atoms with Crippen LogP contribution in [-0.2, 0) is 19.7 Å². The molecule has 0 aromatic heterocycles. The molecule has 0 saturated carbocycles. The summed E-state index contributed by atoms with van der Waals surface area (Å²) in [5.41, 5.74) is 3.16. The highest BCUT2D eigenvalue weighted by Crippen LogP contribution is 2.30. The molecular formula is C23H24Cl3NO3. The molecule has 0 bridgehead atoms. The maximum absolute atomic E-state index is 6.21. The van der Waals surface area contributed by atoms with E-state index in [0.29, 0.717) is 34.7 Å². The van der Waals surface area contributed by atoms with Crippen molar-refractivity contribution < 1.29 is 14.2 Å². The number of rotatable bonds is 9. The minimum atomic E-state index is 0. The number of halogens is 3. The molecule has 0 atom stereocenters. The quantitative estimate of drug-likeness (QED) is 0.400. The van der Waals surface area contributed by atoms with Crippen molar-refractivity contribution in [2.75, 3.05) is 14.2 Å². The summed E-state index contributed by atoms with van der Waals surface area (Å²) in [6.07, 6.45) is 0. The molecule has 3 aromatic carbocycles. The van der Waals surface area contributed by atoms with Crippen molar-refractivity contribution in [2.24, 2.45) is 0 Å². The molecule has 4 nitrogen and oxygen atoms in total. The molecule has 0 fully saturated rings. The second-order valence-electron chi connectivity index (χ2n) is 6.46. The van der Waals surface area contributed by atoms with Crippen LogP contribution in [-0.4, -0.2) is 14.2 Å². The smallest absolute Gasteiger partial charge is 0.161 e. The van der Waals surface area contributed by atoms with Gasteiger partial charge >= 0.3 is 0 Å². The lowest BCUT2D eigenvalue weighted by Crippen LogP contribution is -2.12. The topological polar surface area (TPSA) is 39.7 Å². The molecule has 0 amide bonds. The number of nitrogens with one attached hydrogen (secondary N) is 1. The molecule has 0 unspecified atom stereocenters. The molecule has 0 aliphatic rings. The molecule has 0 saturated heterocycles. The Bertz CT molecular complexity index is 949. The minimum Gasteiger partial charge on any atom is -0.497 e. The molecule has 30 heavy (non-hydrogen) atoms. The van der Waals surface area contributed by atoms with E-state index in [1.807, 2.05) is 48.5 Å². The van der Waals surface area contributed by atoms with Crippen LogP contribution in [0.2, 0.25) is 10.0 Å². The van der Waals surface area contributed by atoms with Gasteiger partial charge in [-0.15, -0.1) is 12.4 Å². The summed E-state index contributed by atoms with van der Waals surface area (Å²) in [4.78, 5) is 0. The first-order valence-electron chi connectivity index (χ1n) is 9.16. The van der Waals surface area contributed by atoms with Crippen LogP contribution in [0.25, 0.3) is 0 Å². The van der Waals surface area contributed by atoms with Gasteiger partial charge in [-0.3, -0.25) is 0 Å². The Labute approximate surface area is 193 Å². The Hall–Kier alpha value is -2.11. The molecule has 1 N–H and O–H groups in total. The molecule has 0 aliphatic carbocycles. The lowest BCUT2D eigenvalue weighted by atomic mass is 10.1. The first-order chi connectivity index (χ1) is 14.1. The number of hydrogen-bond acceptors (Lipinski definition) is 4. The summed E-state index contributed by atoms with van der Waals surface area (Å²) in [5, 5.41) is 4.61. The lowest BCUT2D eigenvalue weighted by molar-refractivity contribution is 0.284. The predicted octanol–water partition coefficient (Wildman–Crippen LogP) is 6.30. The summed E-state index contributed by atoms with van der Waals surface area (Å²) in [7, 11) is 3.30. The van der Waals surface area contributed by atoms with Gasteiger partial charge in [0.25, 0.3) is 0 Å². The van der Waals surface area contributed by atoms with Crippen LogP contribution < -0.4 is 19.5 Å². The minimum absolute atomic E-state index is 0. The predicted molar refractivity (Wildman–Crippen MR) is 125 cm³/mol. The number of methoxy groups -OCH3 is 2. The maximum atomic E-state index is 6.21. The van der Waals surface area contributed by atoms with Gasteiger partial charge in [0.1, 0.15) is 12.4 Å². The Morgan fingerprint density at radius 2 is 1.47 bits per heavy atom. The number of ether oxygens (including phenoxy) is 3. The fourth-order valence-electron chi connectivity index (χ4n) is 2.83. The van der Waals surface area contributed by atoms with Crippen molar-refractivity contribution in [3.63, 3.8) is 0 Å². The fraction of sp³-hybridized carbons (Fsp3) is 0.217. The SMILES string of the molecule is COc1ccc(CNCc2ccc(OCc3ccc(Cl)cc3Cl)c(OC)c2)cc1.Cl. The summed E-state index contributed by atoms with van der Waals surface area (Å²) >= 11 is 12.1. The van der Waals surface area contributed by atoms with E-state index in [9.17, 15) is 0 Å². The van der Waals surface area contributed by atoms with E-state index in [1.54, 1.807) is 26.4 Å². The van der Waals surface area contributed by atoms with Crippen LogP contribution in [0.4, 0.5) is 0 Å². The molecule has 7 heteroatoms. The summed E-state index contributed by atoms with van der Waals surface area (Å²) < 4.78 is 16.6. The summed E-state index contributed by atoms with van der Waals surface area (Å²) in [6.45, 7) is 1.81. The van der Waals surface area contributed by atoms with E-state index in [2.05, 4.69) is 5.32 Å². The van der Waals surface area contributed by atoms with Gasteiger partial charge in [-0.05, 0) is 47.5 Å². The molecule has 160 valence electrons. The Morgan fingerprint density at radius 1 is 0.767 bits per heavy atom. The van der Waals surface area contributed by atoms with Crippen molar-refractivity contribution in [3.05, 3.63) is 87.4 Å². The first kappa shape index (κ1) is 24.2. The van der Waals surface area contributed by atoms with Gasteiger partial charge in [-0.1, -0.05) is 47.5 Å². The normalized spacial score (nSPS) is 10.3. The second-order valence-corrected chi connectivity index (χ2v) is 7.30. The van der Waals surface area contributed by atoms with E-state index in [0.717, 1.165) is 23.4 Å². The van der Waals surface area contributed by atoms with Gasteiger partial charge in [0.05, 0.1) is 14.2 Å². The molecule has 0 radical (unpaired) electrons. The zero-order chi connectivity index (χ0) is 20.6. The highest BCUT2D eigenvalue weighted by atomic mass is 35.5. The van der Waals surface area contributed by atoms with Crippen molar-refractivity contribution in [2.45, 2.75) is 19.7 Å². The van der Waals surface area contributed by atoms with Crippen LogP contribution in [0, 0.1) is 0 Å². The van der Waals surface area contributed by atoms with Crippen molar-refractivity contribution in [1.29, 1.82) is 0 Å². The van der Waals surface area contributed by atoms with E-state index in [4.69, 9.17) is 37.4 Å². The monoisotopic (exact) mass is 467 g/mol. The van der Waals surface area contributed by atoms with Crippen molar-refractivity contribution >= 4 is 35.6 Å². The molecule has 0 spiro atoms. The van der Waals surface area contributed by atoms with E-state index < -0.39 is 0 Å². The van der Waals surface area contributed by atoms with Crippen LogP contribution in [0.15, 0.2) is 60.7 Å². The standard InChI is InChI=1S/C23H23Cl2NO3.ClH/c1-27-20-8-3-16(4-9-20)13-26-14-17-5-10-22(23(11-17)28-2)29-15-18-6-7-19(24)12-21(18)25;/h3-12,26H,13-15H2,1-2H3;1H. The van der Waals surface area contributed by atoms with Gasteiger partial charge in [-0.25, -0.2) is 0 Å². The molecular weight excluding hydrogens is 445 g/mol. The second kappa shape index (κ2) is 11.9. The zero-order valence-corrected chi connectivity index (χ0v) is 19.1. The fourth-order valence-corrected chi connectivity index (χ4v) is 3.29. The van der Waals surface area contributed by atoms with Crippen LogP contribution >= 0.6 is 35.6 Å². The van der Waals surface area contributed by atoms with Crippen LogP contribution in [0.1, 0.15) is 16.7 Å². The third kappa shape index (κ3) is 6.71. The van der Waals surface area contributed by atoms with Crippen molar-refractivity contribution in [1.82, 2.24) is 5.32 Å². The lowest BCUT2D eigenvalue weighted by Gasteiger charge is -2.13. The largest absolute Gasteiger partial charge is 0.497 e. The summed E-state index contributed by atoms with van der Waals surface area (Å²) in [6, 6.07) is 19.3. The summed E-state index contributed by atoms with van der Waals surface area (Å²) in [5.74, 6) is 2.20. The average molecular weight is 469 g/mol. The van der Waals surface area contributed by atoms with Gasteiger partial charge in [-0.2, -0.15) is 0 Å². The molecule has 3 aromatic rings. The molecule has 0 aliphatic heterocycles. The average Bonchev–Trinajstić information content (AvgIpc) is 2.74. The Kier molecular flexibility index (Phi) is 9.60. The Balaban J connectivity index is 0.00000320. The van der Waals surface area contributed by atoms with Gasteiger partial charge in [0, 0.05) is 28.7 Å². The van der Waals surface area contributed by atoms with Gasteiger partial charge in [0.2, 0.25) is 0 Å². The third-order valence-electron chi connectivity index (χ3n) is 4.44. The van der Waals surface area contributed by atoms with Gasteiger partial charge < -0.3 is 19.5 Å². The van der Waals surface area contributed by atoms with Gasteiger partial charge in [0.15, 0.2) is 11.5 Å². The highest BCUT2D eigenvalue weighted by molar-refractivity contribution is 6.35. The number of benzene rings is 3. The third-order valence-corrected chi connectivity index (χ3v) is 5.03. The Morgan fingerprint density at radius 3 is 2.13 bits per heavy atom. The van der Waals surface area contributed by atoms with Crippen LogP contribution in [0.5, 0.6) is 17.2 Å². The van der Waals surface area contributed by atoms with E-state index in [1.165, 1.54) is 5.56 Å². The number of hydrogen-bond donors (Lipinski definition) is 1. The van der Waals surface area contributed by atoms with E-state index in [-0.39, 0.29) is 12.4 Å². The highest BCUT2D eigenvalue weighted by Gasteiger charge is 2.08. The first-order valence-corrected chi connectivity index (χ1v) is 9.92. The molecule has 3 rings (SSSR count). The van der Waals surface area contributed by atoms with Crippen molar-refractivity contribution in [3.8, 4) is 17.2 Å². The maximum Gasteiger partial charge on any atom is 0.161 e. The van der Waals surface area contributed by atoms with Crippen LogP contribution in [0.3, 0.4) is 0 Å². The molecule has 0 heterocycles.